The van der Waals surface area contributed by atoms with Gasteiger partial charge in [0, 0.05) is 27.2 Å². The number of aromatic nitrogens is 3. The zero-order valence-electron chi connectivity index (χ0n) is 16.4. The molecule has 0 aliphatic carbocycles. The molecule has 1 amide bonds. The van der Waals surface area contributed by atoms with Gasteiger partial charge < -0.3 is 24.8 Å². The highest BCUT2D eigenvalue weighted by Gasteiger charge is 2.27. The lowest BCUT2D eigenvalue weighted by Crippen LogP contribution is -2.44. The summed E-state index contributed by atoms with van der Waals surface area (Å²) in [7, 11) is 3.69. The third-order valence-electron chi connectivity index (χ3n) is 4.01. The fourth-order valence-electron chi connectivity index (χ4n) is 2.64. The van der Waals surface area contributed by atoms with Crippen molar-refractivity contribution in [2.75, 3.05) is 20.1 Å². The highest BCUT2D eigenvalue weighted by atomic mass is 127. The first-order valence-electron chi connectivity index (χ1n) is 8.49. The zero-order chi connectivity index (χ0) is 18.6. The minimum Gasteiger partial charge on any atom is -0.444 e. The number of carbonyl (C=O) groups is 1. The smallest absolute Gasteiger partial charge is 0.407 e. The average molecular weight is 479 g/mol. The summed E-state index contributed by atoms with van der Waals surface area (Å²) in [6.45, 7) is 9.53. The van der Waals surface area contributed by atoms with Crippen LogP contribution in [-0.4, -0.2) is 63.5 Å². The first kappa shape index (κ1) is 22.5. The number of ether oxygens (including phenoxy) is 1. The number of halogens is 1. The maximum absolute atomic E-state index is 11.9. The van der Waals surface area contributed by atoms with Gasteiger partial charge in [-0.25, -0.2) is 4.79 Å². The summed E-state index contributed by atoms with van der Waals surface area (Å²) in [5, 5.41) is 14.4. The van der Waals surface area contributed by atoms with Gasteiger partial charge in [0.15, 0.2) is 11.8 Å². The van der Waals surface area contributed by atoms with Gasteiger partial charge in [-0.3, -0.25) is 4.99 Å². The molecule has 1 atom stereocenters. The first-order valence-corrected chi connectivity index (χ1v) is 8.49. The maximum Gasteiger partial charge on any atom is 0.407 e. The molecule has 26 heavy (non-hydrogen) atoms. The topological polar surface area (TPSA) is 96.7 Å². The van der Waals surface area contributed by atoms with Crippen LogP contribution in [0.3, 0.4) is 0 Å². The van der Waals surface area contributed by atoms with E-state index in [9.17, 15) is 4.79 Å². The van der Waals surface area contributed by atoms with Crippen molar-refractivity contribution >= 4 is 36.0 Å². The van der Waals surface area contributed by atoms with Crippen molar-refractivity contribution in [1.29, 1.82) is 0 Å². The van der Waals surface area contributed by atoms with Gasteiger partial charge in [0.25, 0.3) is 0 Å². The van der Waals surface area contributed by atoms with Crippen LogP contribution in [0, 0.1) is 6.92 Å². The van der Waals surface area contributed by atoms with E-state index in [0.29, 0.717) is 13.1 Å². The summed E-state index contributed by atoms with van der Waals surface area (Å²) in [4.78, 5) is 18.3. The normalized spacial score (nSPS) is 17.7. The number of hydrogen-bond donors (Lipinski definition) is 2. The van der Waals surface area contributed by atoms with E-state index in [1.807, 2.05) is 39.3 Å². The Bertz CT molecular complexity index is 639. The number of guanidine groups is 1. The lowest BCUT2D eigenvalue weighted by Gasteiger charge is -2.23. The second-order valence-corrected chi connectivity index (χ2v) is 7.20. The van der Waals surface area contributed by atoms with Crippen molar-refractivity contribution in [1.82, 2.24) is 30.3 Å². The molecule has 1 aliphatic rings. The number of aryl methyl sites for hydroxylation is 1. The van der Waals surface area contributed by atoms with E-state index in [4.69, 9.17) is 4.74 Å². The molecule has 0 saturated carbocycles. The van der Waals surface area contributed by atoms with E-state index >= 15 is 0 Å². The van der Waals surface area contributed by atoms with E-state index in [0.717, 1.165) is 30.6 Å². The molecule has 2 N–H and O–H groups in total. The molecular weight excluding hydrogens is 449 g/mol. The molecule has 1 fully saturated rings. The Morgan fingerprint density at radius 2 is 2.08 bits per heavy atom. The third kappa shape index (κ3) is 6.29. The number of amides is 1. The van der Waals surface area contributed by atoms with Crippen LogP contribution >= 0.6 is 24.0 Å². The predicted octanol–water partition coefficient (Wildman–Crippen LogP) is 1.42. The van der Waals surface area contributed by atoms with Gasteiger partial charge in [-0.05, 0) is 34.1 Å². The molecule has 9 nitrogen and oxygen atoms in total. The molecule has 1 aromatic rings. The van der Waals surface area contributed by atoms with Crippen molar-refractivity contribution in [2.24, 2.45) is 12.0 Å². The standard InChI is InChI=1S/C16H29N7O2.HI/c1-11-20-21-13(22(11)6)9-18-14(17-5)23-8-7-12(10-23)19-15(24)25-16(2,3)4;/h12H,7-10H2,1-6H3,(H,17,18)(H,19,24);1H. The van der Waals surface area contributed by atoms with Crippen LogP contribution in [0.2, 0.25) is 0 Å². The summed E-state index contributed by atoms with van der Waals surface area (Å²) in [6.07, 6.45) is 0.472. The highest BCUT2D eigenvalue weighted by molar-refractivity contribution is 14.0. The SMILES string of the molecule is CN=C(NCc1nnc(C)n1C)N1CCC(NC(=O)OC(C)(C)C)C1.I. The summed E-state index contributed by atoms with van der Waals surface area (Å²) in [5.41, 5.74) is -0.492. The number of nitrogens with one attached hydrogen (secondary N) is 2. The minimum absolute atomic E-state index is 0. The molecule has 10 heteroatoms. The Hall–Kier alpha value is -1.59. The second kappa shape index (κ2) is 9.38. The van der Waals surface area contributed by atoms with Gasteiger partial charge in [0.1, 0.15) is 11.4 Å². The molecule has 0 spiro atoms. The molecule has 0 radical (unpaired) electrons. The Kier molecular flexibility index (Phi) is 8.10. The quantitative estimate of drug-likeness (QED) is 0.387. The van der Waals surface area contributed by atoms with Crippen molar-refractivity contribution in [3.05, 3.63) is 11.6 Å². The molecule has 148 valence electrons. The van der Waals surface area contributed by atoms with Crippen LogP contribution in [0.1, 0.15) is 38.8 Å². The Morgan fingerprint density at radius 1 is 1.38 bits per heavy atom. The van der Waals surface area contributed by atoms with E-state index in [2.05, 4.69) is 30.7 Å². The largest absolute Gasteiger partial charge is 0.444 e. The van der Waals surface area contributed by atoms with Crippen LogP contribution in [-0.2, 0) is 18.3 Å². The summed E-state index contributed by atoms with van der Waals surface area (Å²) in [5.74, 6) is 2.50. The molecule has 1 unspecified atom stereocenters. The number of alkyl carbamates (subject to hydrolysis) is 1. The first-order chi connectivity index (χ1) is 11.7. The van der Waals surface area contributed by atoms with Crippen LogP contribution in [0.4, 0.5) is 4.79 Å². The van der Waals surface area contributed by atoms with Crippen molar-refractivity contribution in [3.8, 4) is 0 Å². The van der Waals surface area contributed by atoms with Gasteiger partial charge in [-0.15, -0.1) is 34.2 Å². The number of nitrogens with zero attached hydrogens (tertiary/aromatic N) is 5. The van der Waals surface area contributed by atoms with E-state index < -0.39 is 5.60 Å². The number of carbonyl (C=O) groups excluding carboxylic acids is 1. The average Bonchev–Trinajstić information content (AvgIpc) is 3.07. The van der Waals surface area contributed by atoms with E-state index in [1.54, 1.807) is 7.05 Å². The highest BCUT2D eigenvalue weighted by Crippen LogP contribution is 2.12. The van der Waals surface area contributed by atoms with Crippen LogP contribution in [0.25, 0.3) is 0 Å². The minimum atomic E-state index is -0.492. The Morgan fingerprint density at radius 3 is 2.62 bits per heavy atom. The number of aliphatic imine (C=N–C) groups is 1. The molecule has 0 bridgehead atoms. The molecule has 1 aliphatic heterocycles. The number of hydrogen-bond acceptors (Lipinski definition) is 5. The van der Waals surface area contributed by atoms with Crippen LogP contribution < -0.4 is 10.6 Å². The number of likely N-dealkylation sites (tertiary alicyclic amines) is 1. The Balaban J connectivity index is 0.00000338. The van der Waals surface area contributed by atoms with Crippen molar-refractivity contribution < 1.29 is 9.53 Å². The summed E-state index contributed by atoms with van der Waals surface area (Å²) < 4.78 is 7.25. The van der Waals surface area contributed by atoms with Gasteiger partial charge in [0.2, 0.25) is 0 Å². The van der Waals surface area contributed by atoms with E-state index in [-0.39, 0.29) is 36.1 Å². The molecule has 1 aromatic heterocycles. The summed E-state index contributed by atoms with van der Waals surface area (Å²) >= 11 is 0. The zero-order valence-corrected chi connectivity index (χ0v) is 18.7. The second-order valence-electron chi connectivity index (χ2n) is 7.20. The monoisotopic (exact) mass is 479 g/mol. The molecular formula is C16H30IN7O2. The van der Waals surface area contributed by atoms with Crippen LogP contribution in [0.15, 0.2) is 4.99 Å². The fraction of sp³-hybridized carbons (Fsp3) is 0.750. The lowest BCUT2D eigenvalue weighted by atomic mass is 10.2. The lowest BCUT2D eigenvalue weighted by molar-refractivity contribution is 0.0507. The van der Waals surface area contributed by atoms with E-state index in [1.165, 1.54) is 0 Å². The molecule has 2 heterocycles. The fourth-order valence-corrected chi connectivity index (χ4v) is 2.64. The van der Waals surface area contributed by atoms with Gasteiger partial charge in [0.05, 0.1) is 12.6 Å². The maximum atomic E-state index is 11.9. The van der Waals surface area contributed by atoms with Gasteiger partial charge >= 0.3 is 6.09 Å². The summed E-state index contributed by atoms with van der Waals surface area (Å²) in [6, 6.07) is 0.0467. The molecule has 1 saturated heterocycles. The molecule has 0 aromatic carbocycles. The number of rotatable bonds is 3. The van der Waals surface area contributed by atoms with Gasteiger partial charge in [-0.1, -0.05) is 0 Å². The molecule has 2 rings (SSSR count). The third-order valence-corrected chi connectivity index (χ3v) is 4.01. The van der Waals surface area contributed by atoms with Crippen molar-refractivity contribution in [3.63, 3.8) is 0 Å². The predicted molar refractivity (Wildman–Crippen MR) is 111 cm³/mol. The van der Waals surface area contributed by atoms with Crippen molar-refractivity contribution in [2.45, 2.75) is 52.3 Å². The van der Waals surface area contributed by atoms with Crippen LogP contribution in [0.5, 0.6) is 0 Å². The Labute approximate surface area is 172 Å². The van der Waals surface area contributed by atoms with Gasteiger partial charge in [-0.2, -0.15) is 0 Å².